The zero-order valence-corrected chi connectivity index (χ0v) is 16.3. The van der Waals surface area contributed by atoms with E-state index >= 15 is 0 Å². The van der Waals surface area contributed by atoms with Gasteiger partial charge in [0, 0.05) is 26.2 Å². The van der Waals surface area contributed by atoms with Crippen LogP contribution in [0, 0.1) is 0 Å². The van der Waals surface area contributed by atoms with Crippen molar-refractivity contribution in [1.29, 1.82) is 0 Å². The van der Waals surface area contributed by atoms with E-state index in [0.29, 0.717) is 6.04 Å². The fourth-order valence-corrected chi connectivity index (χ4v) is 2.48. The Balaban J connectivity index is 0.00000264. The molecule has 0 bridgehead atoms. The van der Waals surface area contributed by atoms with Crippen LogP contribution >= 0.6 is 24.0 Å². The van der Waals surface area contributed by atoms with Crippen LogP contribution in [0.25, 0.3) is 0 Å². The highest BCUT2D eigenvalue weighted by Gasteiger charge is 2.11. The third kappa shape index (κ3) is 7.35. The predicted molar refractivity (Wildman–Crippen MR) is 108 cm³/mol. The summed E-state index contributed by atoms with van der Waals surface area (Å²) < 4.78 is 5.87. The van der Waals surface area contributed by atoms with Crippen LogP contribution in [-0.2, 0) is 4.74 Å². The predicted octanol–water partition coefficient (Wildman–Crippen LogP) is 3.66. The van der Waals surface area contributed by atoms with E-state index in [9.17, 15) is 0 Å². The molecule has 0 heterocycles. The maximum Gasteiger partial charge on any atom is 0.191 e. The molecule has 0 amide bonds. The van der Waals surface area contributed by atoms with E-state index in [2.05, 4.69) is 46.8 Å². The molecule has 1 aliphatic carbocycles. The van der Waals surface area contributed by atoms with Crippen LogP contribution in [0.15, 0.2) is 47.5 Å². The number of hydrogen-bond acceptors (Lipinski definition) is 2. The quantitative estimate of drug-likeness (QED) is 0.229. The Labute approximate surface area is 156 Å². The van der Waals surface area contributed by atoms with Gasteiger partial charge in [-0.15, -0.1) is 24.0 Å². The molecule has 0 saturated heterocycles. The van der Waals surface area contributed by atoms with Gasteiger partial charge in [-0.1, -0.05) is 42.5 Å². The summed E-state index contributed by atoms with van der Waals surface area (Å²) in [7, 11) is 1.81. The summed E-state index contributed by atoms with van der Waals surface area (Å²) in [6, 6.07) is 10.8. The average molecular weight is 429 g/mol. The maximum atomic E-state index is 5.87. The van der Waals surface area contributed by atoms with Crippen LogP contribution in [-0.4, -0.2) is 32.2 Å². The summed E-state index contributed by atoms with van der Waals surface area (Å²) >= 11 is 0. The second-order valence-corrected chi connectivity index (χ2v) is 5.56. The molecule has 0 aromatic heterocycles. The van der Waals surface area contributed by atoms with Gasteiger partial charge < -0.3 is 15.4 Å². The first-order chi connectivity index (χ1) is 10.8. The summed E-state index contributed by atoms with van der Waals surface area (Å²) in [5, 5.41) is 6.77. The lowest BCUT2D eigenvalue weighted by molar-refractivity contribution is 0.0646. The van der Waals surface area contributed by atoms with Crippen LogP contribution in [0.3, 0.4) is 0 Å². The standard InChI is InChI=1S/C18H27N3O.HI/c1-15(16-9-4-3-5-10-16)22-14-8-13-20-18(19-2)21-17-11-6-7-12-17;/h3-7,9-10,15,17H,8,11-14H2,1-2H3,(H2,19,20,21);1H. The molecule has 0 aliphatic heterocycles. The SMILES string of the molecule is CN=C(NCCCOC(C)c1ccccc1)NC1CC=CC1.I. The molecule has 2 rings (SSSR count). The Morgan fingerprint density at radius 2 is 1.96 bits per heavy atom. The summed E-state index contributed by atoms with van der Waals surface area (Å²) in [6.45, 7) is 3.70. The minimum absolute atomic E-state index is 0. The monoisotopic (exact) mass is 429 g/mol. The minimum atomic E-state index is 0. The Morgan fingerprint density at radius 1 is 1.26 bits per heavy atom. The van der Waals surface area contributed by atoms with Gasteiger partial charge in [-0.2, -0.15) is 0 Å². The average Bonchev–Trinajstić information content (AvgIpc) is 3.07. The Hall–Kier alpha value is -1.08. The van der Waals surface area contributed by atoms with E-state index in [0.717, 1.165) is 38.4 Å². The van der Waals surface area contributed by atoms with Gasteiger partial charge in [-0.25, -0.2) is 0 Å². The molecule has 1 atom stereocenters. The zero-order valence-electron chi connectivity index (χ0n) is 14.0. The molecule has 23 heavy (non-hydrogen) atoms. The van der Waals surface area contributed by atoms with Crippen molar-refractivity contribution in [1.82, 2.24) is 10.6 Å². The molecule has 0 spiro atoms. The Kier molecular flexibility index (Phi) is 9.94. The third-order valence-corrected chi connectivity index (χ3v) is 3.82. The molecule has 1 aliphatic rings. The highest BCUT2D eigenvalue weighted by Crippen LogP contribution is 2.15. The first-order valence-corrected chi connectivity index (χ1v) is 8.08. The number of aliphatic imine (C=N–C) groups is 1. The lowest BCUT2D eigenvalue weighted by Crippen LogP contribution is -2.42. The number of guanidine groups is 1. The van der Waals surface area contributed by atoms with E-state index in [1.165, 1.54) is 5.56 Å². The summed E-state index contributed by atoms with van der Waals surface area (Å²) in [5.41, 5.74) is 1.22. The number of halogens is 1. The van der Waals surface area contributed by atoms with Crippen molar-refractivity contribution in [2.45, 2.75) is 38.3 Å². The van der Waals surface area contributed by atoms with Gasteiger partial charge >= 0.3 is 0 Å². The van der Waals surface area contributed by atoms with Gasteiger partial charge in [0.25, 0.3) is 0 Å². The van der Waals surface area contributed by atoms with Crippen molar-refractivity contribution in [3.05, 3.63) is 48.0 Å². The molecular formula is C18H28IN3O. The van der Waals surface area contributed by atoms with Crippen molar-refractivity contribution in [2.75, 3.05) is 20.2 Å². The smallest absolute Gasteiger partial charge is 0.191 e. The van der Waals surface area contributed by atoms with E-state index in [1.54, 1.807) is 0 Å². The van der Waals surface area contributed by atoms with Crippen molar-refractivity contribution in [2.24, 2.45) is 4.99 Å². The number of ether oxygens (including phenoxy) is 1. The van der Waals surface area contributed by atoms with Crippen LogP contribution in [0.1, 0.15) is 37.9 Å². The molecule has 0 saturated carbocycles. The van der Waals surface area contributed by atoms with Gasteiger partial charge in [0.1, 0.15) is 0 Å². The maximum absolute atomic E-state index is 5.87. The molecule has 0 radical (unpaired) electrons. The summed E-state index contributed by atoms with van der Waals surface area (Å²) in [4.78, 5) is 4.26. The molecule has 1 aromatic carbocycles. The molecular weight excluding hydrogens is 401 g/mol. The third-order valence-electron chi connectivity index (χ3n) is 3.82. The first-order valence-electron chi connectivity index (χ1n) is 8.08. The lowest BCUT2D eigenvalue weighted by Gasteiger charge is -2.17. The highest BCUT2D eigenvalue weighted by molar-refractivity contribution is 14.0. The number of hydrogen-bond donors (Lipinski definition) is 2. The number of benzene rings is 1. The van der Waals surface area contributed by atoms with E-state index < -0.39 is 0 Å². The van der Waals surface area contributed by atoms with Crippen LogP contribution in [0.4, 0.5) is 0 Å². The van der Waals surface area contributed by atoms with Gasteiger partial charge in [0.2, 0.25) is 0 Å². The second kappa shape index (κ2) is 11.5. The van der Waals surface area contributed by atoms with Gasteiger partial charge in [-0.3, -0.25) is 4.99 Å². The van der Waals surface area contributed by atoms with Crippen molar-refractivity contribution in [3.8, 4) is 0 Å². The topological polar surface area (TPSA) is 45.7 Å². The van der Waals surface area contributed by atoms with Crippen molar-refractivity contribution in [3.63, 3.8) is 0 Å². The molecule has 2 N–H and O–H groups in total. The lowest BCUT2D eigenvalue weighted by atomic mass is 10.1. The van der Waals surface area contributed by atoms with E-state index in [4.69, 9.17) is 4.74 Å². The number of nitrogens with zero attached hydrogens (tertiary/aromatic N) is 1. The molecule has 0 fully saturated rings. The molecule has 1 unspecified atom stereocenters. The van der Waals surface area contributed by atoms with Crippen LogP contribution in [0.5, 0.6) is 0 Å². The largest absolute Gasteiger partial charge is 0.374 e. The molecule has 128 valence electrons. The van der Waals surface area contributed by atoms with Crippen molar-refractivity contribution < 1.29 is 4.74 Å². The molecule has 5 heteroatoms. The molecule has 4 nitrogen and oxygen atoms in total. The van der Waals surface area contributed by atoms with Crippen LogP contribution in [0.2, 0.25) is 0 Å². The fourth-order valence-electron chi connectivity index (χ4n) is 2.48. The number of rotatable bonds is 7. The van der Waals surface area contributed by atoms with E-state index in [-0.39, 0.29) is 30.1 Å². The normalized spacial score (nSPS) is 16.0. The van der Waals surface area contributed by atoms with Gasteiger partial charge in [0.05, 0.1) is 6.10 Å². The van der Waals surface area contributed by atoms with E-state index in [1.807, 2.05) is 25.2 Å². The Bertz CT molecular complexity index is 482. The number of nitrogens with one attached hydrogen (secondary N) is 2. The minimum Gasteiger partial charge on any atom is -0.374 e. The van der Waals surface area contributed by atoms with Gasteiger partial charge in [0.15, 0.2) is 5.96 Å². The first kappa shape index (κ1) is 20.0. The summed E-state index contributed by atoms with van der Waals surface area (Å²) in [6.07, 6.45) is 7.69. The van der Waals surface area contributed by atoms with Crippen molar-refractivity contribution >= 4 is 29.9 Å². The summed E-state index contributed by atoms with van der Waals surface area (Å²) in [5.74, 6) is 0.879. The van der Waals surface area contributed by atoms with Crippen LogP contribution < -0.4 is 10.6 Å². The highest BCUT2D eigenvalue weighted by atomic mass is 127. The fraction of sp³-hybridized carbons (Fsp3) is 0.500. The zero-order chi connectivity index (χ0) is 15.6. The molecule has 1 aromatic rings. The van der Waals surface area contributed by atoms with Gasteiger partial charge in [-0.05, 0) is 31.7 Å². The Morgan fingerprint density at radius 3 is 2.61 bits per heavy atom. The second-order valence-electron chi connectivity index (χ2n) is 5.56.